The number of carbonyl (C=O) groups is 1. The minimum atomic E-state index is -0.198. The highest BCUT2D eigenvalue weighted by atomic mass is 16.2. The second kappa shape index (κ2) is 5.82. The summed E-state index contributed by atoms with van der Waals surface area (Å²) < 4.78 is 0. The predicted molar refractivity (Wildman–Crippen MR) is 92.7 cm³/mol. The van der Waals surface area contributed by atoms with Crippen molar-refractivity contribution in [3.8, 4) is 0 Å². The van der Waals surface area contributed by atoms with Crippen molar-refractivity contribution in [2.24, 2.45) is 0 Å². The summed E-state index contributed by atoms with van der Waals surface area (Å²) in [5, 5.41) is 3.32. The normalized spacial score (nSPS) is 25.3. The molecule has 3 aliphatic rings. The molecular weight excluding hydrogens is 286 g/mol. The molecular formula is C19H27N3O. The summed E-state index contributed by atoms with van der Waals surface area (Å²) in [6, 6.07) is 8.74. The maximum absolute atomic E-state index is 12.5. The zero-order chi connectivity index (χ0) is 15.9. The fourth-order valence-corrected chi connectivity index (χ4v) is 4.72. The molecule has 124 valence electrons. The number of fused-ring (bicyclic) bond motifs is 1. The number of carbonyl (C=O) groups excluding carboxylic acids is 1. The number of hydrogen-bond acceptors (Lipinski definition) is 3. The van der Waals surface area contributed by atoms with E-state index in [-0.39, 0.29) is 11.6 Å². The molecule has 1 N–H and O–H groups in total. The van der Waals surface area contributed by atoms with Gasteiger partial charge in [-0.2, -0.15) is 0 Å². The number of benzene rings is 1. The first kappa shape index (κ1) is 15.0. The van der Waals surface area contributed by atoms with E-state index in [1.165, 1.54) is 32.1 Å². The molecule has 4 rings (SSSR count). The number of rotatable bonds is 1. The van der Waals surface area contributed by atoms with E-state index in [2.05, 4.69) is 28.2 Å². The number of nitrogens with one attached hydrogen (secondary N) is 1. The average molecular weight is 313 g/mol. The van der Waals surface area contributed by atoms with Crippen molar-refractivity contribution in [2.45, 2.75) is 56.7 Å². The maximum Gasteiger partial charge on any atom is 0.255 e. The highest BCUT2D eigenvalue weighted by Gasteiger charge is 2.44. The number of likely N-dealkylation sites (tertiary alicyclic amines) is 1. The molecule has 0 unspecified atom stereocenters. The molecule has 1 spiro atoms. The topological polar surface area (TPSA) is 35.6 Å². The Balaban J connectivity index is 1.51. The van der Waals surface area contributed by atoms with Gasteiger partial charge in [-0.15, -0.1) is 0 Å². The van der Waals surface area contributed by atoms with E-state index in [4.69, 9.17) is 0 Å². The molecule has 4 heteroatoms. The number of para-hydroxylation sites is 1. The first-order valence-electron chi connectivity index (χ1n) is 9.09. The van der Waals surface area contributed by atoms with Gasteiger partial charge in [0, 0.05) is 39.0 Å². The van der Waals surface area contributed by atoms with E-state index in [1.807, 2.05) is 18.2 Å². The highest BCUT2D eigenvalue weighted by molar-refractivity contribution is 6.02. The third kappa shape index (κ3) is 2.53. The zero-order valence-electron chi connectivity index (χ0n) is 14.1. The fraction of sp³-hybridized carbons (Fsp3) is 0.632. The van der Waals surface area contributed by atoms with Gasteiger partial charge < -0.3 is 15.1 Å². The smallest absolute Gasteiger partial charge is 0.255 e. The van der Waals surface area contributed by atoms with Crippen LogP contribution >= 0.6 is 0 Å². The van der Waals surface area contributed by atoms with Gasteiger partial charge in [0.05, 0.1) is 11.3 Å². The quantitative estimate of drug-likeness (QED) is 0.866. The predicted octanol–water partition coefficient (Wildman–Crippen LogP) is 2.99. The average Bonchev–Trinajstić information content (AvgIpc) is 2.61. The van der Waals surface area contributed by atoms with E-state index in [0.717, 1.165) is 43.2 Å². The Morgan fingerprint density at radius 3 is 2.52 bits per heavy atom. The summed E-state index contributed by atoms with van der Waals surface area (Å²) in [6.07, 6.45) is 8.92. The Morgan fingerprint density at radius 2 is 1.78 bits per heavy atom. The van der Waals surface area contributed by atoms with Crippen molar-refractivity contribution in [3.05, 3.63) is 29.8 Å². The van der Waals surface area contributed by atoms with Gasteiger partial charge in [0.25, 0.3) is 5.91 Å². The van der Waals surface area contributed by atoms with Crippen LogP contribution < -0.4 is 10.2 Å². The lowest BCUT2D eigenvalue weighted by molar-refractivity contribution is 0.0640. The third-order valence-corrected chi connectivity index (χ3v) is 6.21. The monoisotopic (exact) mass is 313 g/mol. The van der Waals surface area contributed by atoms with E-state index >= 15 is 0 Å². The second-order valence-electron chi connectivity index (χ2n) is 7.39. The Bertz CT molecular complexity index is 586. The first-order valence-corrected chi connectivity index (χ1v) is 9.09. The highest BCUT2D eigenvalue weighted by Crippen LogP contribution is 2.37. The first-order chi connectivity index (χ1) is 11.2. The van der Waals surface area contributed by atoms with E-state index in [9.17, 15) is 4.79 Å². The van der Waals surface area contributed by atoms with Crippen LogP contribution in [0.15, 0.2) is 24.3 Å². The SMILES string of the molecule is CN1c2ccccc2C(=O)NC12CCN(C1CCCCC1)CC2. The standard InChI is InChI=1S/C19H27N3O/c1-21-17-10-6-5-9-16(17)18(23)20-19(21)11-13-22(14-12-19)15-7-3-2-4-8-15/h5-6,9-10,15H,2-4,7-8,11-14H2,1H3,(H,20,23). The summed E-state index contributed by atoms with van der Waals surface area (Å²) in [6.45, 7) is 2.19. The van der Waals surface area contributed by atoms with Crippen molar-refractivity contribution >= 4 is 11.6 Å². The summed E-state index contributed by atoms with van der Waals surface area (Å²) in [7, 11) is 2.13. The molecule has 0 atom stereocenters. The molecule has 1 aromatic rings. The molecule has 0 radical (unpaired) electrons. The van der Waals surface area contributed by atoms with E-state index < -0.39 is 0 Å². The van der Waals surface area contributed by atoms with Crippen LogP contribution in [0.25, 0.3) is 0 Å². The lowest BCUT2D eigenvalue weighted by Gasteiger charge is -2.52. The molecule has 1 saturated carbocycles. The number of amides is 1. The zero-order valence-corrected chi connectivity index (χ0v) is 14.1. The molecule has 2 fully saturated rings. The van der Waals surface area contributed by atoms with Gasteiger partial charge in [0.15, 0.2) is 0 Å². The van der Waals surface area contributed by atoms with E-state index in [0.29, 0.717) is 0 Å². The molecule has 1 aliphatic carbocycles. The molecule has 2 heterocycles. The fourth-order valence-electron chi connectivity index (χ4n) is 4.72. The minimum Gasteiger partial charge on any atom is -0.351 e. The van der Waals surface area contributed by atoms with Crippen LogP contribution in [0, 0.1) is 0 Å². The van der Waals surface area contributed by atoms with Crippen molar-refractivity contribution in [1.29, 1.82) is 0 Å². The number of nitrogens with zero attached hydrogens (tertiary/aromatic N) is 2. The van der Waals surface area contributed by atoms with Crippen LogP contribution in [0.4, 0.5) is 5.69 Å². The van der Waals surface area contributed by atoms with Gasteiger partial charge in [-0.1, -0.05) is 31.4 Å². The molecule has 1 aromatic carbocycles. The van der Waals surface area contributed by atoms with Crippen molar-refractivity contribution in [1.82, 2.24) is 10.2 Å². The number of piperidine rings is 1. The second-order valence-corrected chi connectivity index (χ2v) is 7.39. The lowest BCUT2D eigenvalue weighted by Crippen LogP contribution is -2.67. The molecule has 0 aromatic heterocycles. The van der Waals surface area contributed by atoms with E-state index in [1.54, 1.807) is 0 Å². The summed E-state index contributed by atoms with van der Waals surface area (Å²) in [4.78, 5) is 17.5. The van der Waals surface area contributed by atoms with Crippen LogP contribution in [0.5, 0.6) is 0 Å². The number of anilines is 1. The van der Waals surface area contributed by atoms with Gasteiger partial charge in [-0.3, -0.25) is 4.79 Å². The van der Waals surface area contributed by atoms with Crippen LogP contribution in [0.2, 0.25) is 0 Å². The van der Waals surface area contributed by atoms with Crippen molar-refractivity contribution in [2.75, 3.05) is 25.0 Å². The summed E-state index contributed by atoms with van der Waals surface area (Å²) in [5.74, 6) is 0.0878. The van der Waals surface area contributed by atoms with Gasteiger partial charge in [0.1, 0.15) is 5.66 Å². The largest absolute Gasteiger partial charge is 0.351 e. The van der Waals surface area contributed by atoms with Crippen LogP contribution in [-0.2, 0) is 0 Å². The van der Waals surface area contributed by atoms with Gasteiger partial charge in [0.2, 0.25) is 0 Å². The summed E-state index contributed by atoms with van der Waals surface area (Å²) >= 11 is 0. The molecule has 2 aliphatic heterocycles. The van der Waals surface area contributed by atoms with Crippen LogP contribution in [0.3, 0.4) is 0 Å². The van der Waals surface area contributed by atoms with Crippen LogP contribution in [0.1, 0.15) is 55.3 Å². The van der Waals surface area contributed by atoms with Gasteiger partial charge in [-0.25, -0.2) is 0 Å². The molecule has 4 nitrogen and oxygen atoms in total. The minimum absolute atomic E-state index is 0.0878. The van der Waals surface area contributed by atoms with Crippen molar-refractivity contribution in [3.63, 3.8) is 0 Å². The third-order valence-electron chi connectivity index (χ3n) is 6.21. The lowest BCUT2D eigenvalue weighted by atomic mass is 9.87. The van der Waals surface area contributed by atoms with Gasteiger partial charge >= 0.3 is 0 Å². The Labute approximate surface area is 138 Å². The van der Waals surface area contributed by atoms with Crippen molar-refractivity contribution < 1.29 is 4.79 Å². The van der Waals surface area contributed by atoms with Gasteiger partial charge in [-0.05, 0) is 25.0 Å². The Morgan fingerprint density at radius 1 is 1.09 bits per heavy atom. The summed E-state index contributed by atoms with van der Waals surface area (Å²) in [5.41, 5.74) is 1.68. The molecule has 0 bridgehead atoms. The van der Waals surface area contributed by atoms with Crippen LogP contribution in [-0.4, -0.2) is 42.6 Å². The Hall–Kier alpha value is -1.55. The molecule has 1 amide bonds. The number of hydrogen-bond donors (Lipinski definition) is 1. The maximum atomic E-state index is 12.5. The molecule has 23 heavy (non-hydrogen) atoms. The Kier molecular flexibility index (Phi) is 3.80. The molecule has 1 saturated heterocycles.